The van der Waals surface area contributed by atoms with Crippen molar-refractivity contribution in [3.63, 3.8) is 0 Å². The molecular formula is C7H8NOY-. The summed E-state index contributed by atoms with van der Waals surface area (Å²) in [7, 11) is 1.60. The predicted molar refractivity (Wildman–Crippen MR) is 34.4 cm³/mol. The zero-order chi connectivity index (χ0) is 6.69. The summed E-state index contributed by atoms with van der Waals surface area (Å²) in [4.78, 5) is 3.88. The van der Waals surface area contributed by atoms with E-state index in [-0.39, 0.29) is 32.7 Å². The van der Waals surface area contributed by atoms with Crippen molar-refractivity contribution in [1.29, 1.82) is 0 Å². The number of hydrogen-bond donors (Lipinski definition) is 0. The summed E-state index contributed by atoms with van der Waals surface area (Å²) >= 11 is 0. The van der Waals surface area contributed by atoms with E-state index in [1.807, 2.05) is 13.0 Å². The first-order chi connectivity index (χ1) is 4.33. The fourth-order valence-electron chi connectivity index (χ4n) is 0.573. The van der Waals surface area contributed by atoms with Gasteiger partial charge in [0.1, 0.15) is 5.88 Å². The minimum Gasteiger partial charge on any atom is -0.497 e. The van der Waals surface area contributed by atoms with Crippen molar-refractivity contribution in [2.24, 2.45) is 0 Å². The van der Waals surface area contributed by atoms with Gasteiger partial charge < -0.3 is 4.74 Å². The number of pyridine rings is 1. The molecule has 1 radical (unpaired) electrons. The first-order valence-corrected chi connectivity index (χ1v) is 2.71. The number of methoxy groups -OCH3 is 1. The molecule has 1 aromatic rings. The second kappa shape index (κ2) is 4.81. The molecule has 0 fully saturated rings. The molecule has 0 saturated heterocycles. The van der Waals surface area contributed by atoms with Crippen molar-refractivity contribution in [3.05, 3.63) is 23.9 Å². The Hall–Kier alpha value is 0.0539. The number of nitrogens with zero attached hydrogens (tertiary/aromatic N) is 1. The Kier molecular flexibility index (Phi) is 4.83. The van der Waals surface area contributed by atoms with Crippen LogP contribution in [0.25, 0.3) is 0 Å². The zero-order valence-corrected chi connectivity index (χ0v) is 8.93. The number of hydrogen-bond acceptors (Lipinski definition) is 2. The summed E-state index contributed by atoms with van der Waals surface area (Å²) < 4.78 is 4.86. The Morgan fingerprint density at radius 2 is 2.30 bits per heavy atom. The van der Waals surface area contributed by atoms with Crippen molar-refractivity contribution in [2.45, 2.75) is 6.92 Å². The van der Waals surface area contributed by atoms with Crippen LogP contribution in [0.1, 0.15) is 5.56 Å². The fraction of sp³-hybridized carbons (Fsp3) is 0.286. The van der Waals surface area contributed by atoms with Crippen molar-refractivity contribution < 1.29 is 37.4 Å². The molecule has 1 heterocycles. The van der Waals surface area contributed by atoms with Crippen LogP contribution in [0.3, 0.4) is 0 Å². The second-order valence-electron chi connectivity index (χ2n) is 1.77. The van der Waals surface area contributed by atoms with Gasteiger partial charge in [-0.1, -0.05) is 13.1 Å². The van der Waals surface area contributed by atoms with Crippen LogP contribution < -0.4 is 4.74 Å². The Labute approximate surface area is 85.9 Å². The summed E-state index contributed by atoms with van der Waals surface area (Å²) in [5, 5.41) is 0. The third kappa shape index (κ3) is 2.76. The smallest absolute Gasteiger partial charge is 0.126 e. The Morgan fingerprint density at radius 3 is 2.70 bits per heavy atom. The zero-order valence-electron chi connectivity index (χ0n) is 6.09. The van der Waals surface area contributed by atoms with Gasteiger partial charge in [0.25, 0.3) is 0 Å². The first-order valence-electron chi connectivity index (χ1n) is 2.71. The topological polar surface area (TPSA) is 22.1 Å². The van der Waals surface area contributed by atoms with E-state index in [9.17, 15) is 0 Å². The van der Waals surface area contributed by atoms with Crippen molar-refractivity contribution in [2.75, 3.05) is 7.11 Å². The molecule has 3 heteroatoms. The van der Waals surface area contributed by atoms with E-state index in [2.05, 4.69) is 11.1 Å². The van der Waals surface area contributed by atoms with Crippen LogP contribution in [-0.4, -0.2) is 12.1 Å². The Morgan fingerprint density at radius 1 is 1.60 bits per heavy atom. The molecule has 0 N–H and O–H groups in total. The van der Waals surface area contributed by atoms with Crippen molar-refractivity contribution in [1.82, 2.24) is 4.98 Å². The number of ether oxygens (including phenoxy) is 1. The van der Waals surface area contributed by atoms with E-state index in [0.29, 0.717) is 5.88 Å². The van der Waals surface area contributed by atoms with E-state index in [4.69, 9.17) is 4.74 Å². The van der Waals surface area contributed by atoms with Gasteiger partial charge in [-0.15, -0.1) is 6.07 Å². The maximum absolute atomic E-state index is 4.86. The summed E-state index contributed by atoms with van der Waals surface area (Å²) in [6.45, 7) is 1.95. The van der Waals surface area contributed by atoms with E-state index in [0.717, 1.165) is 5.56 Å². The molecule has 0 aliphatic heterocycles. The van der Waals surface area contributed by atoms with Gasteiger partial charge in [0, 0.05) is 32.7 Å². The Balaban J connectivity index is 0.000000810. The molecule has 0 aliphatic rings. The number of rotatable bonds is 1. The van der Waals surface area contributed by atoms with Gasteiger partial charge in [0.15, 0.2) is 0 Å². The molecule has 2 nitrogen and oxygen atoms in total. The quantitative estimate of drug-likeness (QED) is 0.651. The maximum Gasteiger partial charge on any atom is 0.126 e. The van der Waals surface area contributed by atoms with Gasteiger partial charge in [-0.3, -0.25) is 4.98 Å². The SMILES string of the molecule is COc1cc(C)[c-]cn1.[Y]. The molecule has 51 valence electrons. The molecule has 0 aromatic carbocycles. The summed E-state index contributed by atoms with van der Waals surface area (Å²) in [6, 6.07) is 4.75. The molecular weight excluding hydrogens is 203 g/mol. The van der Waals surface area contributed by atoms with Gasteiger partial charge in [-0.25, -0.2) is 11.6 Å². The number of aromatic nitrogens is 1. The summed E-state index contributed by atoms with van der Waals surface area (Å²) in [5.41, 5.74) is 1.04. The van der Waals surface area contributed by atoms with Crippen LogP contribution in [0, 0.1) is 13.0 Å². The molecule has 0 aliphatic carbocycles. The first kappa shape index (κ1) is 10.1. The van der Waals surface area contributed by atoms with E-state index in [1.165, 1.54) is 0 Å². The second-order valence-corrected chi connectivity index (χ2v) is 1.77. The van der Waals surface area contributed by atoms with Crippen LogP contribution in [-0.2, 0) is 32.7 Å². The Bertz CT molecular complexity index is 203. The third-order valence-corrected chi connectivity index (χ3v) is 1.03. The molecule has 10 heavy (non-hydrogen) atoms. The van der Waals surface area contributed by atoms with Crippen LogP contribution in [0.5, 0.6) is 5.88 Å². The van der Waals surface area contributed by atoms with E-state index < -0.39 is 0 Å². The molecule has 0 amide bonds. The average molecular weight is 211 g/mol. The number of aryl methyl sites for hydroxylation is 1. The van der Waals surface area contributed by atoms with Crippen LogP contribution in [0.2, 0.25) is 0 Å². The van der Waals surface area contributed by atoms with Crippen LogP contribution >= 0.6 is 0 Å². The van der Waals surface area contributed by atoms with Crippen LogP contribution in [0.15, 0.2) is 12.3 Å². The van der Waals surface area contributed by atoms with Crippen molar-refractivity contribution >= 4 is 0 Å². The van der Waals surface area contributed by atoms with Crippen molar-refractivity contribution in [3.8, 4) is 5.88 Å². The average Bonchev–Trinajstić information content (AvgIpc) is 1.88. The largest absolute Gasteiger partial charge is 0.497 e. The van der Waals surface area contributed by atoms with Gasteiger partial charge in [-0.2, -0.15) is 0 Å². The minimum absolute atomic E-state index is 0. The molecule has 0 unspecified atom stereocenters. The van der Waals surface area contributed by atoms with E-state index >= 15 is 0 Å². The minimum atomic E-state index is 0. The molecule has 1 aromatic heterocycles. The van der Waals surface area contributed by atoms with E-state index in [1.54, 1.807) is 13.3 Å². The van der Waals surface area contributed by atoms with Gasteiger partial charge in [0.05, 0.1) is 7.11 Å². The third-order valence-electron chi connectivity index (χ3n) is 1.03. The van der Waals surface area contributed by atoms with Crippen LogP contribution in [0.4, 0.5) is 0 Å². The predicted octanol–water partition coefficient (Wildman–Crippen LogP) is 1.20. The molecule has 0 bridgehead atoms. The maximum atomic E-state index is 4.86. The molecule has 1 rings (SSSR count). The summed E-state index contributed by atoms with van der Waals surface area (Å²) in [6.07, 6.45) is 1.61. The van der Waals surface area contributed by atoms with Gasteiger partial charge in [0.2, 0.25) is 0 Å². The standard InChI is InChI=1S/C7H8NO.Y/c1-6-3-4-8-7(5-6)9-2;/h4-5H,1-2H3;/q-1;. The normalized spacial score (nSPS) is 8.20. The molecule has 0 atom stereocenters. The van der Waals surface area contributed by atoms with Gasteiger partial charge in [-0.05, 0) is 0 Å². The fourth-order valence-corrected chi connectivity index (χ4v) is 0.573. The summed E-state index contributed by atoms with van der Waals surface area (Å²) in [5.74, 6) is 0.645. The monoisotopic (exact) mass is 211 g/mol. The molecule has 0 saturated carbocycles. The van der Waals surface area contributed by atoms with Gasteiger partial charge >= 0.3 is 0 Å². The molecule has 0 spiro atoms.